The average molecular weight is 376 g/mol. The number of pyridine rings is 1. The van der Waals surface area contributed by atoms with Crippen LogP contribution in [0.5, 0.6) is 0 Å². The number of nitrogen functional groups attached to an aromatic ring is 1. The highest BCUT2D eigenvalue weighted by molar-refractivity contribution is 5.84. The van der Waals surface area contributed by atoms with Gasteiger partial charge in [-0.15, -0.1) is 0 Å². The van der Waals surface area contributed by atoms with E-state index in [1.165, 1.54) is 6.20 Å². The number of halogens is 1. The molecule has 3 heterocycles. The number of anilines is 1. The molecule has 4 N–H and O–H groups in total. The highest BCUT2D eigenvalue weighted by atomic mass is 19.1. The lowest BCUT2D eigenvalue weighted by Crippen LogP contribution is -2.45. The van der Waals surface area contributed by atoms with E-state index in [1.807, 2.05) is 25.7 Å². The summed E-state index contributed by atoms with van der Waals surface area (Å²) in [4.78, 5) is 31.3. The standard InChI is InChI=1S/C18H25FN6O2/c1-9-14-11(16(26)25(21)17(27)24(14)10-4-5-10)6-22-15(9)23-7-12(13(19)8-23)18(2,3)20/h6,10,12-13H,4-5,7-8,20-21H2,1-3H3. The second kappa shape index (κ2) is 5.79. The maximum atomic E-state index is 14.6. The van der Waals surface area contributed by atoms with Crippen LogP contribution in [0.25, 0.3) is 10.9 Å². The summed E-state index contributed by atoms with van der Waals surface area (Å²) in [5.74, 6) is 5.94. The van der Waals surface area contributed by atoms with E-state index in [0.717, 1.165) is 12.8 Å². The maximum absolute atomic E-state index is 14.6. The molecule has 4 rings (SSSR count). The van der Waals surface area contributed by atoms with Crippen molar-refractivity contribution in [2.24, 2.45) is 11.7 Å². The van der Waals surface area contributed by atoms with Gasteiger partial charge in [0.25, 0.3) is 5.56 Å². The van der Waals surface area contributed by atoms with E-state index in [2.05, 4.69) is 4.98 Å². The van der Waals surface area contributed by atoms with Crippen LogP contribution in [-0.4, -0.2) is 39.0 Å². The van der Waals surface area contributed by atoms with E-state index in [1.54, 1.807) is 4.57 Å². The molecule has 2 atom stereocenters. The third-order valence-corrected chi connectivity index (χ3v) is 5.78. The Hall–Kier alpha value is -2.42. The van der Waals surface area contributed by atoms with Gasteiger partial charge in [-0.2, -0.15) is 4.68 Å². The second-order valence-corrected chi connectivity index (χ2v) is 8.38. The van der Waals surface area contributed by atoms with Crippen LogP contribution in [0.4, 0.5) is 10.2 Å². The van der Waals surface area contributed by atoms with Gasteiger partial charge in [0.1, 0.15) is 12.0 Å². The first kappa shape index (κ1) is 18.0. The van der Waals surface area contributed by atoms with Gasteiger partial charge in [0.2, 0.25) is 0 Å². The van der Waals surface area contributed by atoms with Gasteiger partial charge >= 0.3 is 5.69 Å². The summed E-state index contributed by atoms with van der Waals surface area (Å²) < 4.78 is 16.8. The molecular weight excluding hydrogens is 351 g/mol. The quantitative estimate of drug-likeness (QED) is 0.751. The summed E-state index contributed by atoms with van der Waals surface area (Å²) in [6.45, 7) is 6.08. The van der Waals surface area contributed by atoms with Crippen LogP contribution >= 0.6 is 0 Å². The zero-order valence-electron chi connectivity index (χ0n) is 15.8. The molecule has 2 aromatic heterocycles. The number of hydrogen-bond donors (Lipinski definition) is 2. The van der Waals surface area contributed by atoms with Gasteiger partial charge in [0.15, 0.2) is 0 Å². The predicted molar refractivity (Wildman–Crippen MR) is 102 cm³/mol. The lowest BCUT2D eigenvalue weighted by molar-refractivity contribution is 0.208. The monoisotopic (exact) mass is 376 g/mol. The van der Waals surface area contributed by atoms with Crippen molar-refractivity contribution in [2.75, 3.05) is 23.8 Å². The molecule has 1 saturated carbocycles. The number of rotatable bonds is 3. The number of aromatic nitrogens is 3. The predicted octanol–water partition coefficient (Wildman–Crippen LogP) is 0.427. The first-order valence-electron chi connectivity index (χ1n) is 9.21. The molecule has 0 spiro atoms. The number of fused-ring (bicyclic) bond motifs is 1. The molecule has 8 nitrogen and oxygen atoms in total. The minimum Gasteiger partial charge on any atom is -0.353 e. The van der Waals surface area contributed by atoms with Crippen LogP contribution in [0.3, 0.4) is 0 Å². The molecule has 2 aromatic rings. The Kier molecular flexibility index (Phi) is 3.85. The van der Waals surface area contributed by atoms with Crippen LogP contribution in [0.15, 0.2) is 15.8 Å². The fourth-order valence-electron chi connectivity index (χ4n) is 4.12. The molecule has 2 fully saturated rings. The first-order chi connectivity index (χ1) is 12.6. The Bertz CT molecular complexity index is 1030. The second-order valence-electron chi connectivity index (χ2n) is 8.38. The van der Waals surface area contributed by atoms with Gasteiger partial charge in [0, 0.05) is 35.8 Å². The van der Waals surface area contributed by atoms with Crippen molar-refractivity contribution in [3.63, 3.8) is 0 Å². The van der Waals surface area contributed by atoms with Crippen molar-refractivity contribution >= 4 is 16.7 Å². The lowest BCUT2D eigenvalue weighted by atomic mass is 9.87. The van der Waals surface area contributed by atoms with E-state index >= 15 is 0 Å². The molecule has 0 amide bonds. The highest BCUT2D eigenvalue weighted by Gasteiger charge is 2.42. The maximum Gasteiger partial charge on any atom is 0.350 e. The molecule has 146 valence electrons. The van der Waals surface area contributed by atoms with Crippen LogP contribution in [0.2, 0.25) is 0 Å². The Morgan fingerprint density at radius 2 is 1.93 bits per heavy atom. The van der Waals surface area contributed by atoms with Crippen LogP contribution in [0.1, 0.15) is 38.3 Å². The molecule has 27 heavy (non-hydrogen) atoms. The van der Waals surface area contributed by atoms with Crippen molar-refractivity contribution < 1.29 is 4.39 Å². The molecule has 9 heteroatoms. The average Bonchev–Trinajstić information content (AvgIpc) is 3.34. The summed E-state index contributed by atoms with van der Waals surface area (Å²) in [5, 5.41) is 0.303. The Labute approximate surface area is 155 Å². The number of alkyl halides is 1. The Morgan fingerprint density at radius 3 is 2.48 bits per heavy atom. The topological polar surface area (TPSA) is 112 Å². The molecule has 1 saturated heterocycles. The SMILES string of the molecule is Cc1c(N2CC(F)C(C(C)(C)N)C2)ncc2c(=O)n(N)c(=O)n(C3CC3)c12. The Morgan fingerprint density at radius 1 is 1.26 bits per heavy atom. The van der Waals surface area contributed by atoms with Crippen LogP contribution < -0.4 is 27.7 Å². The van der Waals surface area contributed by atoms with E-state index in [-0.39, 0.29) is 18.5 Å². The number of nitrogens with zero attached hydrogens (tertiary/aromatic N) is 4. The van der Waals surface area contributed by atoms with Crippen LogP contribution in [0, 0.1) is 12.8 Å². The van der Waals surface area contributed by atoms with Crippen molar-refractivity contribution in [2.45, 2.75) is 51.4 Å². The van der Waals surface area contributed by atoms with Gasteiger partial charge in [-0.1, -0.05) is 0 Å². The van der Waals surface area contributed by atoms with Crippen molar-refractivity contribution in [1.82, 2.24) is 14.2 Å². The van der Waals surface area contributed by atoms with Crippen LogP contribution in [-0.2, 0) is 0 Å². The van der Waals surface area contributed by atoms with Gasteiger partial charge in [-0.25, -0.2) is 14.2 Å². The molecule has 2 aliphatic rings. The lowest BCUT2D eigenvalue weighted by Gasteiger charge is -2.28. The summed E-state index contributed by atoms with van der Waals surface area (Å²) in [6, 6.07) is 0.0348. The fraction of sp³-hybridized carbons (Fsp3) is 0.611. The van der Waals surface area contributed by atoms with Crippen molar-refractivity contribution in [3.05, 3.63) is 32.6 Å². The summed E-state index contributed by atoms with van der Waals surface area (Å²) in [6.07, 6.45) is 2.11. The summed E-state index contributed by atoms with van der Waals surface area (Å²) >= 11 is 0. The van der Waals surface area contributed by atoms with E-state index in [0.29, 0.717) is 33.5 Å². The summed E-state index contributed by atoms with van der Waals surface area (Å²) in [5.41, 5.74) is 5.63. The van der Waals surface area contributed by atoms with Crippen molar-refractivity contribution in [1.29, 1.82) is 0 Å². The smallest absolute Gasteiger partial charge is 0.350 e. The van der Waals surface area contributed by atoms with Gasteiger partial charge in [0.05, 0.1) is 17.4 Å². The molecule has 0 aromatic carbocycles. The number of aryl methyl sites for hydroxylation is 1. The molecule has 0 radical (unpaired) electrons. The fourth-order valence-corrected chi connectivity index (χ4v) is 4.12. The van der Waals surface area contributed by atoms with Crippen molar-refractivity contribution in [3.8, 4) is 0 Å². The highest BCUT2D eigenvalue weighted by Crippen LogP contribution is 2.38. The number of hydrogen-bond acceptors (Lipinski definition) is 6. The molecular formula is C18H25FN6O2. The molecule has 1 aliphatic heterocycles. The Balaban J connectivity index is 1.89. The first-order valence-corrected chi connectivity index (χ1v) is 9.21. The largest absolute Gasteiger partial charge is 0.353 e. The summed E-state index contributed by atoms with van der Waals surface area (Å²) in [7, 11) is 0. The van der Waals surface area contributed by atoms with E-state index in [9.17, 15) is 14.0 Å². The van der Waals surface area contributed by atoms with Gasteiger partial charge < -0.3 is 16.5 Å². The zero-order valence-corrected chi connectivity index (χ0v) is 15.8. The van der Waals surface area contributed by atoms with Gasteiger partial charge in [-0.05, 0) is 33.6 Å². The minimum absolute atomic E-state index is 0.0348. The number of nitrogens with two attached hydrogens (primary N) is 2. The normalized spacial score (nSPS) is 23.4. The minimum atomic E-state index is -1.07. The van der Waals surface area contributed by atoms with E-state index in [4.69, 9.17) is 11.6 Å². The van der Waals surface area contributed by atoms with E-state index < -0.39 is 23.0 Å². The molecule has 2 unspecified atom stereocenters. The third-order valence-electron chi connectivity index (χ3n) is 5.78. The van der Waals surface area contributed by atoms with Gasteiger partial charge in [-0.3, -0.25) is 9.36 Å². The third kappa shape index (κ3) is 2.72. The zero-order chi connectivity index (χ0) is 19.7. The molecule has 1 aliphatic carbocycles. The molecule has 0 bridgehead atoms.